The summed E-state index contributed by atoms with van der Waals surface area (Å²) in [5.41, 5.74) is -0.371. The monoisotopic (exact) mass is 660 g/mol. The first-order chi connectivity index (χ1) is 20.4. The lowest BCUT2D eigenvalue weighted by Gasteiger charge is -2.24. The van der Waals surface area contributed by atoms with E-state index >= 15 is 0 Å². The number of hydrogen-bond donors (Lipinski definition) is 3. The van der Waals surface area contributed by atoms with E-state index in [-0.39, 0.29) is 62.1 Å². The van der Waals surface area contributed by atoms with Gasteiger partial charge in [-0.3, -0.25) is 9.59 Å². The van der Waals surface area contributed by atoms with Gasteiger partial charge in [0.1, 0.15) is 17.5 Å². The van der Waals surface area contributed by atoms with Gasteiger partial charge in [-0.25, -0.2) is 4.98 Å². The molecule has 4 aromatic rings. The van der Waals surface area contributed by atoms with Crippen molar-refractivity contribution in [2.24, 2.45) is 0 Å². The van der Waals surface area contributed by atoms with Crippen LogP contribution in [0.25, 0.3) is 28.6 Å². The van der Waals surface area contributed by atoms with E-state index in [1.807, 2.05) is 0 Å². The number of nitrogens with one attached hydrogen (secondary N) is 2. The third kappa shape index (κ3) is 7.32. The highest BCUT2D eigenvalue weighted by Crippen LogP contribution is 2.38. The number of halogens is 6. The molecule has 0 radical (unpaired) electrons. The van der Waals surface area contributed by atoms with Gasteiger partial charge in [0, 0.05) is 43.4 Å². The van der Waals surface area contributed by atoms with Crippen LogP contribution in [-0.2, 0) is 15.8 Å². The smallest absolute Gasteiger partial charge is 0.417 e. The normalized spacial score (nSPS) is 19.0. The zero-order chi connectivity index (χ0) is 30.9. The second-order valence-corrected chi connectivity index (χ2v) is 10.9. The molecule has 3 aromatic heterocycles. The van der Waals surface area contributed by atoms with Gasteiger partial charge in [-0.1, -0.05) is 40.0 Å². The fourth-order valence-electron chi connectivity index (χ4n) is 4.25. The number of β-amino-alcohol motifs (C(OH)–C–C–N with tert-alkyl or cyclic N) is 1. The SMILES string of the molecule is O=C1CC[C@@H](Oc2cc(Cl)c(-c3noc(-c4cn5cc(C(F)(F)F)cc(Cl)c5n4)n3)cc2Cl)CN1.O=C1CC[C@H](O)CN1. The Hall–Kier alpha value is -3.59. The van der Waals surface area contributed by atoms with E-state index in [9.17, 15) is 22.8 Å². The lowest BCUT2D eigenvalue weighted by Crippen LogP contribution is -2.40. The summed E-state index contributed by atoms with van der Waals surface area (Å²) in [6.07, 6.45) is -0.987. The summed E-state index contributed by atoms with van der Waals surface area (Å²) in [5.74, 6) is 0.378. The van der Waals surface area contributed by atoms with Crippen LogP contribution in [0.4, 0.5) is 13.2 Å². The van der Waals surface area contributed by atoms with Crippen LogP contribution < -0.4 is 15.4 Å². The first-order valence-electron chi connectivity index (χ1n) is 12.8. The topological polar surface area (TPSA) is 144 Å². The standard InChI is InChI=1S/C21H13Cl3F3N5O3.C5H9NO2/c22-12-5-16(34-10-1-2-17(33)28-6-10)13(23)4-11(12)18-30-20(35-31-18)15-8-32-7-9(21(25,26)27)3-14(24)19(32)29-15;7-4-1-2-5(8)6-3-4/h3-5,7-8,10H,1-2,6H2,(H,28,33);4,7H,1-3H2,(H,6,8)/t10-;4-/m10/s1. The highest BCUT2D eigenvalue weighted by molar-refractivity contribution is 6.36. The average molecular weight is 662 g/mol. The molecule has 2 atom stereocenters. The van der Waals surface area contributed by atoms with Gasteiger partial charge in [0.25, 0.3) is 5.89 Å². The molecule has 6 rings (SSSR count). The molecule has 1 aromatic carbocycles. The number of benzene rings is 1. The molecule has 0 bridgehead atoms. The summed E-state index contributed by atoms with van der Waals surface area (Å²) >= 11 is 18.8. The first kappa shape index (κ1) is 30.9. The molecule has 43 heavy (non-hydrogen) atoms. The number of alkyl halides is 3. The third-order valence-electron chi connectivity index (χ3n) is 6.49. The van der Waals surface area contributed by atoms with Crippen LogP contribution in [0.2, 0.25) is 15.1 Å². The van der Waals surface area contributed by atoms with Crippen molar-refractivity contribution >= 4 is 52.3 Å². The molecule has 228 valence electrons. The lowest BCUT2D eigenvalue weighted by molar-refractivity contribution is -0.137. The molecule has 5 heterocycles. The number of aromatic nitrogens is 4. The largest absolute Gasteiger partial charge is 0.487 e. The van der Waals surface area contributed by atoms with E-state index in [0.29, 0.717) is 50.1 Å². The number of carbonyl (C=O) groups is 2. The maximum atomic E-state index is 13.1. The molecule has 2 aliphatic rings. The molecule has 3 N–H and O–H groups in total. The van der Waals surface area contributed by atoms with E-state index in [2.05, 4.69) is 25.8 Å². The minimum Gasteiger partial charge on any atom is -0.487 e. The minimum absolute atomic E-state index is 0.0362. The Labute approximate surface area is 256 Å². The summed E-state index contributed by atoms with van der Waals surface area (Å²) in [7, 11) is 0. The lowest BCUT2D eigenvalue weighted by atomic mass is 10.1. The number of amides is 2. The van der Waals surface area contributed by atoms with Crippen molar-refractivity contribution in [1.29, 1.82) is 0 Å². The van der Waals surface area contributed by atoms with Gasteiger partial charge >= 0.3 is 6.18 Å². The van der Waals surface area contributed by atoms with Crippen molar-refractivity contribution in [1.82, 2.24) is 30.2 Å². The number of hydrogen-bond acceptors (Lipinski definition) is 8. The van der Waals surface area contributed by atoms with E-state index in [0.717, 1.165) is 16.7 Å². The van der Waals surface area contributed by atoms with Crippen LogP contribution in [0.3, 0.4) is 0 Å². The molecular weight excluding hydrogens is 640 g/mol. The van der Waals surface area contributed by atoms with Gasteiger partial charge in [-0.2, -0.15) is 18.2 Å². The molecule has 0 saturated carbocycles. The van der Waals surface area contributed by atoms with Gasteiger partial charge in [-0.15, -0.1) is 0 Å². The minimum atomic E-state index is -4.57. The maximum Gasteiger partial charge on any atom is 0.417 e. The summed E-state index contributed by atoms with van der Waals surface area (Å²) in [4.78, 5) is 30.2. The predicted octanol–water partition coefficient (Wildman–Crippen LogP) is 4.95. The van der Waals surface area contributed by atoms with Crippen LogP contribution in [0.5, 0.6) is 5.75 Å². The molecule has 0 unspecified atom stereocenters. The third-order valence-corrected chi connectivity index (χ3v) is 7.38. The predicted molar refractivity (Wildman–Crippen MR) is 149 cm³/mol. The van der Waals surface area contributed by atoms with Gasteiger partial charge in [0.2, 0.25) is 17.6 Å². The fourth-order valence-corrected chi connectivity index (χ4v) is 4.96. The number of nitrogens with zero attached hydrogens (tertiary/aromatic N) is 4. The van der Waals surface area contributed by atoms with Crippen LogP contribution in [0, 0.1) is 0 Å². The molecule has 0 aliphatic carbocycles. The zero-order valence-electron chi connectivity index (χ0n) is 21.9. The van der Waals surface area contributed by atoms with Gasteiger partial charge in [0.15, 0.2) is 5.65 Å². The van der Waals surface area contributed by atoms with Crippen molar-refractivity contribution in [2.75, 3.05) is 13.1 Å². The molecule has 2 aliphatic heterocycles. The second kappa shape index (κ2) is 12.6. The number of rotatable bonds is 4. The summed E-state index contributed by atoms with van der Waals surface area (Å²) < 4.78 is 51.5. The number of pyridine rings is 1. The van der Waals surface area contributed by atoms with Crippen molar-refractivity contribution < 1.29 is 37.1 Å². The van der Waals surface area contributed by atoms with Crippen molar-refractivity contribution in [3.05, 3.63) is 51.2 Å². The van der Waals surface area contributed by atoms with E-state index in [1.165, 1.54) is 18.3 Å². The molecule has 11 nitrogen and oxygen atoms in total. The maximum absolute atomic E-state index is 13.1. The van der Waals surface area contributed by atoms with Crippen LogP contribution >= 0.6 is 34.8 Å². The average Bonchev–Trinajstić information content (AvgIpc) is 3.61. The van der Waals surface area contributed by atoms with Crippen molar-refractivity contribution in [3.8, 4) is 28.7 Å². The number of carbonyl (C=O) groups excluding carboxylic acids is 2. The molecule has 2 saturated heterocycles. The Kier molecular flexibility index (Phi) is 9.02. The molecular formula is C26H22Cl3F3N6O5. The summed E-state index contributed by atoms with van der Waals surface area (Å²) in [6.45, 7) is 0.787. The number of fused-ring (bicyclic) bond motifs is 1. The molecule has 2 fully saturated rings. The Morgan fingerprint density at radius 3 is 2.30 bits per heavy atom. The van der Waals surface area contributed by atoms with Crippen molar-refractivity contribution in [3.63, 3.8) is 0 Å². The molecule has 2 amide bonds. The number of aliphatic hydroxyl groups is 1. The number of piperidine rings is 2. The number of imidazole rings is 1. The molecule has 0 spiro atoms. The van der Waals surface area contributed by atoms with E-state index in [1.54, 1.807) is 0 Å². The quantitative estimate of drug-likeness (QED) is 0.279. The number of aliphatic hydroxyl groups excluding tert-OH is 1. The zero-order valence-corrected chi connectivity index (χ0v) is 24.2. The van der Waals surface area contributed by atoms with Gasteiger partial charge in [0.05, 0.1) is 33.3 Å². The van der Waals surface area contributed by atoms with Crippen LogP contribution in [-0.4, -0.2) is 61.7 Å². The highest BCUT2D eigenvalue weighted by atomic mass is 35.5. The highest BCUT2D eigenvalue weighted by Gasteiger charge is 2.32. The summed E-state index contributed by atoms with van der Waals surface area (Å²) in [6, 6.07) is 3.81. The summed E-state index contributed by atoms with van der Waals surface area (Å²) in [5, 5.41) is 18.2. The van der Waals surface area contributed by atoms with Gasteiger partial charge in [-0.05, 0) is 25.0 Å². The second-order valence-electron chi connectivity index (χ2n) is 9.70. The van der Waals surface area contributed by atoms with Crippen LogP contribution in [0.1, 0.15) is 31.2 Å². The van der Waals surface area contributed by atoms with Crippen LogP contribution in [0.15, 0.2) is 35.1 Å². The Morgan fingerprint density at radius 2 is 1.67 bits per heavy atom. The van der Waals surface area contributed by atoms with E-state index < -0.39 is 11.7 Å². The Balaban J connectivity index is 0.000000400. The van der Waals surface area contributed by atoms with Crippen molar-refractivity contribution in [2.45, 2.75) is 44.1 Å². The Morgan fingerprint density at radius 1 is 0.953 bits per heavy atom. The Bertz CT molecular complexity index is 1660. The van der Waals surface area contributed by atoms with Gasteiger partial charge < -0.3 is 29.4 Å². The van der Waals surface area contributed by atoms with E-state index in [4.69, 9.17) is 49.2 Å². The molecule has 17 heteroatoms. The first-order valence-corrected chi connectivity index (χ1v) is 14.0. The number of ether oxygens (including phenoxy) is 1. The fraction of sp³-hybridized carbons (Fsp3) is 0.346.